The Balaban J connectivity index is 0. The molecular formula is C17H29KN2O. The molecule has 0 aliphatic carbocycles. The normalized spacial score (nSPS) is 10.1. The van der Waals surface area contributed by atoms with Crippen LogP contribution in [-0.2, 0) is 0 Å². The molecule has 0 aliphatic heterocycles. The average Bonchev–Trinajstić information content (AvgIpc) is 2.25. The first kappa shape index (κ1) is 23.6. The molecule has 21 heavy (non-hydrogen) atoms. The van der Waals surface area contributed by atoms with Gasteiger partial charge in [-0.05, 0) is 31.4 Å². The Morgan fingerprint density at radius 3 is 1.81 bits per heavy atom. The summed E-state index contributed by atoms with van der Waals surface area (Å²) in [5.41, 5.74) is 2.65. The smallest absolute Gasteiger partial charge is 0.581 e. The van der Waals surface area contributed by atoms with Crippen molar-refractivity contribution >= 4 is 5.91 Å². The minimum atomic E-state index is -0.230. The molecule has 1 aromatic carbocycles. The molecule has 0 radical (unpaired) electrons. The van der Waals surface area contributed by atoms with Gasteiger partial charge < -0.3 is 10.9 Å². The van der Waals surface area contributed by atoms with E-state index in [4.69, 9.17) is 5.84 Å². The molecule has 1 rings (SSSR count). The number of carbonyl (C=O) groups excluding carboxylic acids is 1. The van der Waals surface area contributed by atoms with Crippen molar-refractivity contribution in [1.29, 1.82) is 0 Å². The quantitative estimate of drug-likeness (QED) is 0.609. The number of hydrogen-bond donors (Lipinski definition) is 0. The van der Waals surface area contributed by atoms with Crippen LogP contribution < -0.4 is 51.4 Å². The summed E-state index contributed by atoms with van der Waals surface area (Å²) >= 11 is 0. The molecule has 4 heteroatoms. The molecule has 0 heterocycles. The van der Waals surface area contributed by atoms with E-state index >= 15 is 0 Å². The molecule has 3 nitrogen and oxygen atoms in total. The molecule has 0 unspecified atom stereocenters. The van der Waals surface area contributed by atoms with Crippen molar-refractivity contribution in [3.05, 3.63) is 40.7 Å². The second-order valence-electron chi connectivity index (χ2n) is 6.54. The van der Waals surface area contributed by atoms with Gasteiger partial charge in [-0.15, -0.1) is 0 Å². The zero-order chi connectivity index (χ0) is 15.9. The number of aryl methyl sites for hydroxylation is 2. The van der Waals surface area contributed by atoms with Crippen LogP contribution >= 0.6 is 0 Å². The van der Waals surface area contributed by atoms with Crippen LogP contribution in [0.2, 0.25) is 0 Å². The standard InChI is InChI=1S/C14H21N2O.C3H8.K/c1-10-6-11(2)8-12(7-10)13(17)16(15)9-14(3,4)5;1-3-2;/h6-8,15H,9H2,1-5H3;3H2,1-2H3;/q-1;;+1. The zero-order valence-electron chi connectivity index (χ0n) is 15.0. The van der Waals surface area contributed by atoms with Crippen molar-refractivity contribution in [3.63, 3.8) is 0 Å². The number of benzene rings is 1. The molecule has 114 valence electrons. The molecule has 1 N–H and O–H groups in total. The van der Waals surface area contributed by atoms with E-state index < -0.39 is 0 Å². The first-order valence-electron chi connectivity index (χ1n) is 7.22. The maximum atomic E-state index is 12.1. The molecule has 0 fully saturated rings. The van der Waals surface area contributed by atoms with Gasteiger partial charge in [0.25, 0.3) is 0 Å². The Morgan fingerprint density at radius 2 is 1.48 bits per heavy atom. The predicted molar refractivity (Wildman–Crippen MR) is 86.7 cm³/mol. The summed E-state index contributed by atoms with van der Waals surface area (Å²) in [6.45, 7) is 14.7. The molecule has 1 aromatic rings. The third-order valence-corrected chi connectivity index (χ3v) is 2.35. The van der Waals surface area contributed by atoms with Gasteiger partial charge in [0.1, 0.15) is 0 Å². The molecule has 1 amide bonds. The van der Waals surface area contributed by atoms with Gasteiger partial charge in [0.15, 0.2) is 0 Å². The molecule has 0 atom stereocenters. The third-order valence-electron chi connectivity index (χ3n) is 2.35. The van der Waals surface area contributed by atoms with Gasteiger partial charge in [-0.1, -0.05) is 58.2 Å². The Labute approximate surface area is 173 Å². The van der Waals surface area contributed by atoms with Crippen LogP contribution in [0.1, 0.15) is 62.5 Å². The summed E-state index contributed by atoms with van der Waals surface area (Å²) in [5, 5.41) is 1.05. The Kier molecular flexibility index (Phi) is 12.2. The Morgan fingerprint density at radius 1 is 1.10 bits per heavy atom. The molecule has 0 aromatic heterocycles. The van der Waals surface area contributed by atoms with E-state index in [0.717, 1.165) is 16.1 Å². The number of rotatable bonds is 2. The van der Waals surface area contributed by atoms with E-state index in [2.05, 4.69) is 13.8 Å². The molecule has 0 bridgehead atoms. The number of amides is 1. The van der Waals surface area contributed by atoms with Crippen LogP contribution in [-0.4, -0.2) is 17.5 Å². The first-order chi connectivity index (χ1) is 9.10. The van der Waals surface area contributed by atoms with E-state index in [1.165, 1.54) is 6.42 Å². The van der Waals surface area contributed by atoms with E-state index in [1.807, 2.05) is 52.8 Å². The third kappa shape index (κ3) is 10.6. The monoisotopic (exact) mass is 316 g/mol. The minimum Gasteiger partial charge on any atom is -0.581 e. The van der Waals surface area contributed by atoms with E-state index in [-0.39, 0.29) is 62.7 Å². The van der Waals surface area contributed by atoms with E-state index in [9.17, 15) is 4.79 Å². The van der Waals surface area contributed by atoms with Gasteiger partial charge in [-0.3, -0.25) is 4.79 Å². The molecule has 0 saturated carbocycles. The second-order valence-corrected chi connectivity index (χ2v) is 6.54. The summed E-state index contributed by atoms with van der Waals surface area (Å²) in [6, 6.07) is 5.69. The molecular weight excluding hydrogens is 287 g/mol. The van der Waals surface area contributed by atoms with Crippen LogP contribution in [0, 0.1) is 19.3 Å². The maximum absolute atomic E-state index is 12.1. The molecule has 0 spiro atoms. The minimum absolute atomic E-state index is 0. The number of hydrogen-bond acceptors (Lipinski definition) is 1. The SMILES string of the molecule is CCC.Cc1cc(C)cc(C(=O)N([NH-])CC(C)(C)C)c1.[K+]. The average molecular weight is 317 g/mol. The van der Waals surface area contributed by atoms with Gasteiger partial charge >= 0.3 is 51.4 Å². The van der Waals surface area contributed by atoms with E-state index in [1.54, 1.807) is 0 Å². The topological polar surface area (TPSA) is 44.1 Å². The fourth-order valence-corrected chi connectivity index (χ4v) is 1.80. The second kappa shape index (κ2) is 10.9. The molecule has 0 aliphatic rings. The predicted octanol–water partition coefficient (Wildman–Crippen LogP) is 2.18. The van der Waals surface area contributed by atoms with Crippen molar-refractivity contribution in [1.82, 2.24) is 5.01 Å². The van der Waals surface area contributed by atoms with Crippen molar-refractivity contribution in [3.8, 4) is 0 Å². The zero-order valence-corrected chi connectivity index (χ0v) is 18.1. The van der Waals surface area contributed by atoms with E-state index in [0.29, 0.717) is 12.1 Å². The summed E-state index contributed by atoms with van der Waals surface area (Å²) in [4.78, 5) is 12.1. The summed E-state index contributed by atoms with van der Waals surface area (Å²) in [6.07, 6.45) is 1.25. The van der Waals surface area contributed by atoms with Gasteiger partial charge in [-0.2, -0.15) is 0 Å². The Hall–Kier alpha value is 0.286. The fourth-order valence-electron chi connectivity index (χ4n) is 1.80. The van der Waals surface area contributed by atoms with Crippen molar-refractivity contribution in [2.75, 3.05) is 6.54 Å². The van der Waals surface area contributed by atoms with Gasteiger partial charge in [-0.25, -0.2) is 0 Å². The van der Waals surface area contributed by atoms with Crippen LogP contribution in [0.25, 0.3) is 5.84 Å². The van der Waals surface area contributed by atoms with Crippen LogP contribution in [0.5, 0.6) is 0 Å². The van der Waals surface area contributed by atoms with Crippen LogP contribution in [0.3, 0.4) is 0 Å². The first-order valence-corrected chi connectivity index (χ1v) is 7.22. The number of carbonyl (C=O) groups is 1. The maximum Gasteiger partial charge on any atom is 1.00 e. The van der Waals surface area contributed by atoms with Crippen molar-refractivity contribution in [2.24, 2.45) is 5.41 Å². The number of nitrogens with one attached hydrogen (secondary N) is 1. The van der Waals surface area contributed by atoms with Crippen molar-refractivity contribution < 1.29 is 56.2 Å². The summed E-state index contributed by atoms with van der Waals surface area (Å²) in [7, 11) is 0. The summed E-state index contributed by atoms with van der Waals surface area (Å²) in [5.74, 6) is 7.57. The largest absolute Gasteiger partial charge is 1.00 e. The Bertz CT molecular complexity index is 419. The van der Waals surface area contributed by atoms with Gasteiger partial charge in [0, 0.05) is 12.1 Å². The summed E-state index contributed by atoms with van der Waals surface area (Å²) < 4.78 is 0. The molecule has 0 saturated heterocycles. The van der Waals surface area contributed by atoms with Gasteiger partial charge in [0.2, 0.25) is 5.91 Å². The fraction of sp³-hybridized carbons (Fsp3) is 0.588. The van der Waals surface area contributed by atoms with Crippen LogP contribution in [0.4, 0.5) is 0 Å². The van der Waals surface area contributed by atoms with Crippen molar-refractivity contribution in [2.45, 2.75) is 54.9 Å². The van der Waals surface area contributed by atoms with Crippen LogP contribution in [0.15, 0.2) is 18.2 Å². The van der Waals surface area contributed by atoms with Gasteiger partial charge in [0.05, 0.1) is 0 Å². The number of nitrogens with zero attached hydrogens (tertiary/aromatic N) is 1.